The van der Waals surface area contributed by atoms with Crippen LogP contribution in [0.2, 0.25) is 0 Å². The molecule has 3 N–H and O–H groups in total. The summed E-state index contributed by atoms with van der Waals surface area (Å²) in [5.74, 6) is -2.26. The molecule has 254 valence electrons. The van der Waals surface area contributed by atoms with Crippen molar-refractivity contribution < 1.29 is 33.7 Å². The minimum Gasteiger partial charge on any atom is -0.461 e. The monoisotopic (exact) mass is 656 g/mol. The molecule has 0 aliphatic carbocycles. The number of carbonyl (C=O) groups excluding carboxylic acids is 3. The zero-order valence-corrected chi connectivity index (χ0v) is 28.9. The van der Waals surface area contributed by atoms with Crippen LogP contribution in [0.25, 0.3) is 10.2 Å². The number of allylic oxidation sites excluding steroid dienone is 1. The molecule has 0 bridgehead atoms. The lowest BCUT2D eigenvalue weighted by molar-refractivity contribution is -0.168. The quantitative estimate of drug-likeness (QED) is 0.133. The lowest BCUT2D eigenvalue weighted by Gasteiger charge is -2.37. The van der Waals surface area contributed by atoms with E-state index in [0.717, 1.165) is 46.5 Å². The Balaban J connectivity index is 1.67. The lowest BCUT2D eigenvalue weighted by Crippen LogP contribution is -2.48. The summed E-state index contributed by atoms with van der Waals surface area (Å²) in [6, 6.07) is 5.92. The highest BCUT2D eigenvalue weighted by Crippen LogP contribution is 2.47. The van der Waals surface area contributed by atoms with Gasteiger partial charge in [-0.2, -0.15) is 0 Å². The number of hydrogen-bond donors (Lipinski definition) is 2. The van der Waals surface area contributed by atoms with Gasteiger partial charge >= 0.3 is 11.9 Å². The van der Waals surface area contributed by atoms with Crippen LogP contribution in [0, 0.1) is 24.2 Å². The normalized spacial score (nSPS) is 30.8. The van der Waals surface area contributed by atoms with Crippen LogP contribution in [-0.4, -0.2) is 58.3 Å². The third kappa shape index (κ3) is 8.82. The number of nitrogens with two attached hydrogens (primary N) is 1. The molecule has 0 unspecified atom stereocenters. The molecule has 0 amide bonds. The number of rotatable bonds is 9. The highest BCUT2D eigenvalue weighted by molar-refractivity contribution is 7.18. The third-order valence-corrected chi connectivity index (χ3v) is 10.8. The van der Waals surface area contributed by atoms with Crippen LogP contribution < -0.4 is 5.73 Å². The Hall–Kier alpha value is -2.66. The molecule has 4 rings (SSSR count). The Bertz CT molecular complexity index is 1390. The number of unbranched alkanes of at least 4 members (excludes halogenated alkanes) is 2. The maximum atomic E-state index is 14.2. The number of carbonyl (C=O) groups is 3. The number of esters is 2. The number of fused-ring (bicyclic) bond motifs is 2. The van der Waals surface area contributed by atoms with Crippen LogP contribution in [0.3, 0.4) is 0 Å². The van der Waals surface area contributed by atoms with E-state index in [2.05, 4.69) is 18.5 Å². The van der Waals surface area contributed by atoms with Crippen LogP contribution in [-0.2, 0) is 28.6 Å². The highest BCUT2D eigenvalue weighted by atomic mass is 32.1. The first-order chi connectivity index (χ1) is 21.8. The number of nitrogens with zero attached hydrogens (tertiary/aromatic N) is 1. The highest BCUT2D eigenvalue weighted by Gasteiger charge is 2.53. The number of epoxide rings is 1. The smallest absolute Gasteiger partial charge is 0.310 e. The van der Waals surface area contributed by atoms with E-state index in [1.165, 1.54) is 0 Å². The number of hydrogen-bond acceptors (Lipinski definition) is 10. The summed E-state index contributed by atoms with van der Waals surface area (Å²) in [4.78, 5) is 45.7. The molecule has 2 aliphatic rings. The third-order valence-electron chi connectivity index (χ3n) is 9.86. The zero-order chi connectivity index (χ0) is 33.6. The first kappa shape index (κ1) is 36.2. The molecule has 10 heteroatoms. The molecule has 2 fully saturated rings. The van der Waals surface area contributed by atoms with E-state index < -0.39 is 41.6 Å². The maximum Gasteiger partial charge on any atom is 0.310 e. The molecular weight excluding hydrogens is 604 g/mol. The van der Waals surface area contributed by atoms with E-state index in [9.17, 15) is 19.5 Å². The van der Waals surface area contributed by atoms with Gasteiger partial charge in [0, 0.05) is 18.8 Å². The number of ketones is 1. The number of aryl methyl sites for hydroxylation is 1. The summed E-state index contributed by atoms with van der Waals surface area (Å²) in [5.41, 5.74) is 5.60. The summed E-state index contributed by atoms with van der Waals surface area (Å²) in [6.45, 7) is 13.7. The first-order valence-corrected chi connectivity index (χ1v) is 17.6. The van der Waals surface area contributed by atoms with Gasteiger partial charge in [0.05, 0.1) is 44.9 Å². The number of aliphatic hydroxyl groups excluding tert-OH is 1. The topological polar surface area (TPSA) is 141 Å². The summed E-state index contributed by atoms with van der Waals surface area (Å²) in [6.07, 6.45) is 3.94. The molecular formula is C36H52N2O7S. The first-order valence-electron chi connectivity index (χ1n) is 16.8. The van der Waals surface area contributed by atoms with Crippen LogP contribution in [0.5, 0.6) is 0 Å². The number of Topliss-reactive ketones (excluding diaryl/α,β-unsaturated/α-hetero) is 1. The summed E-state index contributed by atoms with van der Waals surface area (Å²) >= 11 is 1.61. The van der Waals surface area contributed by atoms with Gasteiger partial charge in [-0.1, -0.05) is 31.9 Å². The van der Waals surface area contributed by atoms with Gasteiger partial charge in [-0.15, -0.1) is 17.9 Å². The predicted molar refractivity (Wildman–Crippen MR) is 179 cm³/mol. The minimum atomic E-state index is -1.29. The van der Waals surface area contributed by atoms with Gasteiger partial charge in [-0.25, -0.2) is 4.98 Å². The van der Waals surface area contributed by atoms with Crippen molar-refractivity contribution in [3.63, 3.8) is 0 Å². The Morgan fingerprint density at radius 3 is 2.72 bits per heavy atom. The Morgan fingerprint density at radius 1 is 1.24 bits per heavy atom. The molecule has 0 spiro atoms. The van der Waals surface area contributed by atoms with Gasteiger partial charge < -0.3 is 25.1 Å². The van der Waals surface area contributed by atoms with Crippen LogP contribution in [0.1, 0.15) is 109 Å². The van der Waals surface area contributed by atoms with Crippen molar-refractivity contribution >= 4 is 39.3 Å². The number of ether oxygens (including phenoxy) is 3. The van der Waals surface area contributed by atoms with E-state index in [-0.39, 0.29) is 42.7 Å². The SMILES string of the molecule is C=CC[C@H]1C(=O)C(C)(C)[C@@H](OC(=O)CCCCCN)CC(=O)O[C@H](c2ccc3sc(C)nc3c2)C[C@@H]2O[C@]2(C)CCC[C@H](C)[C@@H]1O. The molecule has 0 saturated carbocycles. The molecule has 9 nitrogen and oxygen atoms in total. The fourth-order valence-corrected chi connectivity index (χ4v) is 7.49. The van der Waals surface area contributed by atoms with Crippen LogP contribution in [0.15, 0.2) is 30.9 Å². The summed E-state index contributed by atoms with van der Waals surface area (Å²) in [7, 11) is 0. The Labute approximate surface area is 277 Å². The van der Waals surface area contributed by atoms with Gasteiger partial charge in [0.15, 0.2) is 0 Å². The molecule has 1 aromatic carbocycles. The second-order valence-corrected chi connectivity index (χ2v) is 15.2. The molecule has 46 heavy (non-hydrogen) atoms. The Kier molecular flexibility index (Phi) is 12.2. The average Bonchev–Trinajstić information content (AvgIpc) is 3.47. The van der Waals surface area contributed by atoms with E-state index in [0.29, 0.717) is 25.8 Å². The van der Waals surface area contributed by atoms with Crippen LogP contribution in [0.4, 0.5) is 0 Å². The van der Waals surface area contributed by atoms with Gasteiger partial charge in [-0.3, -0.25) is 14.4 Å². The molecule has 0 radical (unpaired) electrons. The minimum absolute atomic E-state index is 0.111. The molecule has 7 atom stereocenters. The van der Waals surface area contributed by atoms with Crippen molar-refractivity contribution in [3.05, 3.63) is 41.4 Å². The van der Waals surface area contributed by atoms with Gasteiger partial charge in [0.2, 0.25) is 0 Å². The molecule has 1 aromatic heterocycles. The van der Waals surface area contributed by atoms with E-state index in [1.807, 2.05) is 32.0 Å². The maximum absolute atomic E-state index is 14.2. The molecule has 2 aliphatic heterocycles. The second-order valence-electron chi connectivity index (χ2n) is 14.0. The fourth-order valence-electron chi connectivity index (χ4n) is 6.69. The van der Waals surface area contributed by atoms with E-state index in [4.69, 9.17) is 19.9 Å². The van der Waals surface area contributed by atoms with Crippen molar-refractivity contribution in [1.29, 1.82) is 0 Å². The van der Waals surface area contributed by atoms with Crippen molar-refractivity contribution in [2.24, 2.45) is 23.0 Å². The summed E-state index contributed by atoms with van der Waals surface area (Å²) < 4.78 is 19.4. The van der Waals surface area contributed by atoms with Gasteiger partial charge in [0.1, 0.15) is 18.0 Å². The predicted octanol–water partition coefficient (Wildman–Crippen LogP) is 6.53. The molecule has 2 aromatic rings. The molecule has 3 heterocycles. The second kappa shape index (κ2) is 15.5. The average molecular weight is 657 g/mol. The molecule has 2 saturated heterocycles. The van der Waals surface area contributed by atoms with E-state index >= 15 is 0 Å². The van der Waals surface area contributed by atoms with Crippen LogP contribution >= 0.6 is 11.3 Å². The summed E-state index contributed by atoms with van der Waals surface area (Å²) in [5, 5.41) is 12.4. The fraction of sp³-hybridized carbons (Fsp3) is 0.667. The zero-order valence-electron chi connectivity index (χ0n) is 28.1. The van der Waals surface area contributed by atoms with Gasteiger partial charge in [0.25, 0.3) is 0 Å². The van der Waals surface area contributed by atoms with Crippen molar-refractivity contribution in [3.8, 4) is 0 Å². The number of aliphatic hydroxyl groups is 1. The largest absolute Gasteiger partial charge is 0.461 e. The van der Waals surface area contributed by atoms with Crippen molar-refractivity contribution in [2.75, 3.05) is 6.54 Å². The Morgan fingerprint density at radius 2 is 2.00 bits per heavy atom. The van der Waals surface area contributed by atoms with Gasteiger partial charge in [-0.05, 0) is 90.0 Å². The number of benzene rings is 1. The number of thiazole rings is 1. The van der Waals surface area contributed by atoms with Crippen molar-refractivity contribution in [2.45, 2.75) is 129 Å². The lowest BCUT2D eigenvalue weighted by atomic mass is 9.71. The number of cyclic esters (lactones) is 1. The van der Waals surface area contributed by atoms with Crippen molar-refractivity contribution in [1.82, 2.24) is 4.98 Å². The number of aromatic nitrogens is 1. The standard InChI is InChI=1S/C36H52N2O7S/c1-7-12-25-33(41)22(2)13-11-17-36(6)30(45-36)20-27(24-15-16-28-26(19-24)38-23(3)46-28)43-32(40)21-29(35(4,5)34(25)42)44-31(39)14-9-8-10-18-37/h7,15-16,19,22,25,27,29-30,33,41H,1,8-14,17-18,20-21,37H2,2-6H3/t22-,25+,27-,29-,30-,33-,36+/m0/s1. The van der Waals surface area contributed by atoms with E-state index in [1.54, 1.807) is 31.3 Å².